The number of rotatable bonds is 1. The summed E-state index contributed by atoms with van der Waals surface area (Å²) < 4.78 is 9.19. The van der Waals surface area contributed by atoms with Crippen LogP contribution in [0.4, 0.5) is 22.7 Å². The van der Waals surface area contributed by atoms with Crippen molar-refractivity contribution >= 4 is 44.6 Å². The molecule has 2 aromatic heterocycles. The summed E-state index contributed by atoms with van der Waals surface area (Å²) in [5.41, 5.74) is 18.0. The monoisotopic (exact) mass is 868 g/mol. The molecule has 0 aliphatic carbocycles. The van der Waals surface area contributed by atoms with Crippen molar-refractivity contribution in [3.63, 3.8) is 0 Å². The van der Waals surface area contributed by atoms with Gasteiger partial charge in [-0.15, -0.1) is 0 Å². The number of hydrogen-bond donors (Lipinski definition) is 0. The van der Waals surface area contributed by atoms with E-state index in [1.807, 2.05) is 0 Å². The summed E-state index contributed by atoms with van der Waals surface area (Å²) in [6.07, 6.45) is 0. The van der Waals surface area contributed by atoms with Crippen LogP contribution in [-0.4, -0.2) is 16.2 Å². The number of anilines is 4. The van der Waals surface area contributed by atoms with Gasteiger partial charge in [-0.1, -0.05) is 151 Å². The molecular weight excluding hydrogens is 817 g/mol. The smallest absolute Gasteiger partial charge is 0.138 e. The van der Waals surface area contributed by atoms with E-state index in [1.165, 1.54) is 38.8 Å². The van der Waals surface area contributed by atoms with Gasteiger partial charge in [-0.25, -0.2) is 4.98 Å². The summed E-state index contributed by atoms with van der Waals surface area (Å²) >= 11 is 0. The van der Waals surface area contributed by atoms with E-state index in [0.717, 1.165) is 78.9 Å². The van der Waals surface area contributed by atoms with Gasteiger partial charge >= 0.3 is 0 Å². The third kappa shape index (κ3) is 6.96. The third-order valence-corrected chi connectivity index (χ3v) is 13.7. The second-order valence-electron chi connectivity index (χ2n) is 20.1. The summed E-state index contributed by atoms with van der Waals surface area (Å²) in [4.78, 5) is 10.5. The fourth-order valence-electron chi connectivity index (χ4n) is 10.2. The molecule has 12 rings (SSSR count). The molecule has 5 heteroatoms. The molecule has 326 valence electrons. The maximum atomic E-state index is 6.87. The minimum absolute atomic E-state index is 0.0110. The lowest BCUT2D eigenvalue weighted by atomic mass is 9.82. The number of aromatic nitrogens is 2. The second-order valence-corrected chi connectivity index (χ2v) is 20.1. The van der Waals surface area contributed by atoms with Crippen molar-refractivity contribution in [2.45, 2.75) is 52.4 Å². The van der Waals surface area contributed by atoms with E-state index in [9.17, 15) is 0 Å². The topological polar surface area (TPSA) is 33.5 Å². The van der Waals surface area contributed by atoms with Crippen LogP contribution in [0.1, 0.15) is 52.7 Å². The highest BCUT2D eigenvalue weighted by atomic mass is 16.5. The Balaban J connectivity index is 1.16. The average Bonchev–Trinajstić information content (AvgIpc) is 3.89. The van der Waals surface area contributed by atoms with Crippen molar-refractivity contribution in [1.82, 2.24) is 9.55 Å². The summed E-state index contributed by atoms with van der Waals surface area (Å²) in [5, 5.41) is 2.35. The normalized spacial score (nSPS) is 13.2. The van der Waals surface area contributed by atoms with E-state index in [-0.39, 0.29) is 10.8 Å². The third-order valence-electron chi connectivity index (χ3n) is 13.7. The Kier molecular flexibility index (Phi) is 9.30. The number of nitrogens with zero attached hydrogens (tertiary/aromatic N) is 4. The molecule has 0 amide bonds. The number of benzene rings is 8. The number of para-hydroxylation sites is 3. The molecule has 67 heavy (non-hydrogen) atoms. The van der Waals surface area contributed by atoms with Crippen molar-refractivity contribution in [3.8, 4) is 62.0 Å². The van der Waals surface area contributed by atoms with E-state index in [2.05, 4.69) is 250 Å². The maximum absolute atomic E-state index is 6.87. The van der Waals surface area contributed by atoms with Gasteiger partial charge in [-0.05, 0) is 117 Å². The standard InChI is InChI=1S/C62H52N4O/c1-61(2,3)43-29-32-55-53(36-43)51-31-30-47-38-58(51)66(55)59-28-16-25-54(63-59)42-33-41(34-44(35-42)62(4,5)6)48-21-10-11-22-50(48)52-24-15-23-49(40-17-8-7-9-18-40)60(52)65-39-64(56-26-12-13-27-57(56)65)45-19-14-20-46(37-45)67-47/h7-38H,39H2,1-6H3. The molecule has 0 N–H and O–H groups in total. The zero-order valence-electron chi connectivity index (χ0n) is 38.9. The minimum atomic E-state index is -0.130. The Labute approximate surface area is 393 Å². The van der Waals surface area contributed by atoms with Crippen LogP contribution in [0.2, 0.25) is 0 Å². The average molecular weight is 869 g/mol. The van der Waals surface area contributed by atoms with Crippen molar-refractivity contribution < 1.29 is 4.74 Å². The highest BCUT2D eigenvalue weighted by Crippen LogP contribution is 2.52. The predicted octanol–water partition coefficient (Wildman–Crippen LogP) is 16.8. The first kappa shape index (κ1) is 40.6. The maximum Gasteiger partial charge on any atom is 0.138 e. The molecule has 0 saturated heterocycles. The fourth-order valence-corrected chi connectivity index (χ4v) is 10.2. The van der Waals surface area contributed by atoms with Crippen molar-refractivity contribution in [3.05, 3.63) is 205 Å². The lowest BCUT2D eigenvalue weighted by Gasteiger charge is -2.28. The van der Waals surface area contributed by atoms with Crippen molar-refractivity contribution in [1.29, 1.82) is 0 Å². The van der Waals surface area contributed by atoms with Crippen LogP contribution in [0.5, 0.6) is 11.5 Å². The summed E-state index contributed by atoms with van der Waals surface area (Å²) in [5.74, 6) is 2.38. The molecule has 0 atom stereocenters. The Morgan fingerprint density at radius 3 is 1.91 bits per heavy atom. The van der Waals surface area contributed by atoms with Crippen LogP contribution in [0.15, 0.2) is 194 Å². The van der Waals surface area contributed by atoms with Gasteiger partial charge in [0.1, 0.15) is 24.0 Å². The van der Waals surface area contributed by atoms with Gasteiger partial charge in [0.05, 0.1) is 33.8 Å². The molecule has 0 unspecified atom stereocenters. The Hall–Kier alpha value is -7.89. The fraction of sp³-hybridized carbons (Fsp3) is 0.145. The quantitative estimate of drug-likeness (QED) is 0.165. The van der Waals surface area contributed by atoms with Crippen LogP contribution in [0, 0.1) is 0 Å². The van der Waals surface area contributed by atoms with E-state index in [1.54, 1.807) is 0 Å². The molecule has 4 heterocycles. The molecule has 8 aromatic carbocycles. The Morgan fingerprint density at radius 2 is 1.10 bits per heavy atom. The van der Waals surface area contributed by atoms with Gasteiger partial charge in [0, 0.05) is 45.3 Å². The van der Waals surface area contributed by atoms with Gasteiger partial charge in [0.15, 0.2) is 0 Å². The Morgan fingerprint density at radius 1 is 0.433 bits per heavy atom. The van der Waals surface area contributed by atoms with E-state index in [0.29, 0.717) is 6.67 Å². The lowest BCUT2D eigenvalue weighted by molar-refractivity contribution is 0.483. The van der Waals surface area contributed by atoms with Gasteiger partial charge in [-0.3, -0.25) is 4.57 Å². The largest absolute Gasteiger partial charge is 0.457 e. The molecule has 2 aliphatic heterocycles. The summed E-state index contributed by atoms with van der Waals surface area (Å²) in [7, 11) is 0. The first-order chi connectivity index (χ1) is 32.5. The van der Waals surface area contributed by atoms with Crippen LogP contribution < -0.4 is 14.5 Å². The minimum Gasteiger partial charge on any atom is -0.457 e. The van der Waals surface area contributed by atoms with Crippen molar-refractivity contribution in [2.24, 2.45) is 0 Å². The van der Waals surface area contributed by atoms with Gasteiger partial charge < -0.3 is 14.5 Å². The highest BCUT2D eigenvalue weighted by Gasteiger charge is 2.32. The molecule has 0 saturated carbocycles. The summed E-state index contributed by atoms with van der Waals surface area (Å²) in [6, 6.07) is 70.7. The molecule has 0 fully saturated rings. The van der Waals surface area contributed by atoms with Gasteiger partial charge in [0.2, 0.25) is 0 Å². The first-order valence-corrected chi connectivity index (χ1v) is 23.4. The molecular formula is C62H52N4O. The number of pyridine rings is 1. The molecule has 0 radical (unpaired) electrons. The van der Waals surface area contributed by atoms with E-state index >= 15 is 0 Å². The van der Waals surface area contributed by atoms with Crippen molar-refractivity contribution in [2.75, 3.05) is 16.5 Å². The first-order valence-electron chi connectivity index (χ1n) is 23.4. The molecule has 10 aromatic rings. The highest BCUT2D eigenvalue weighted by molar-refractivity contribution is 6.10. The molecule has 10 bridgehead atoms. The summed E-state index contributed by atoms with van der Waals surface area (Å²) in [6.45, 7) is 14.3. The molecule has 5 nitrogen and oxygen atoms in total. The number of ether oxygens (including phenoxy) is 1. The zero-order chi connectivity index (χ0) is 45.6. The number of hydrogen-bond acceptors (Lipinski definition) is 4. The van der Waals surface area contributed by atoms with Crippen LogP contribution >= 0.6 is 0 Å². The number of fused-ring (bicyclic) bond motifs is 23. The predicted molar refractivity (Wildman–Crippen MR) is 280 cm³/mol. The Bertz CT molecular complexity index is 3570. The van der Waals surface area contributed by atoms with Crippen LogP contribution in [0.3, 0.4) is 0 Å². The van der Waals surface area contributed by atoms with E-state index in [4.69, 9.17) is 9.72 Å². The van der Waals surface area contributed by atoms with Crippen LogP contribution in [0.25, 0.3) is 72.3 Å². The van der Waals surface area contributed by atoms with Gasteiger partial charge in [0.25, 0.3) is 0 Å². The van der Waals surface area contributed by atoms with Gasteiger partial charge in [-0.2, -0.15) is 0 Å². The molecule has 2 aliphatic rings. The zero-order valence-corrected chi connectivity index (χ0v) is 38.9. The van der Waals surface area contributed by atoms with E-state index < -0.39 is 0 Å². The SMILES string of the molecule is CC(C)(C)c1cc2cc(c1)-c1ccccc1-c1cccc(-c3ccccc3)c1N1CN(c3cccc(c3)Oc3ccc4c5cc(C(C)(C)C)ccc5n(c4c3)-c3cccc-2n3)c2ccccc21. The molecule has 0 spiro atoms. The van der Waals surface area contributed by atoms with Crippen LogP contribution in [-0.2, 0) is 10.8 Å². The second kappa shape index (κ2) is 15.4. The lowest BCUT2D eigenvalue weighted by Crippen LogP contribution is -2.25.